The molecule has 0 bridgehead atoms. The minimum absolute atomic E-state index is 0.00147. The molecule has 6 nitrogen and oxygen atoms in total. The van der Waals surface area contributed by atoms with E-state index in [9.17, 15) is 23.3 Å². The first-order valence-corrected chi connectivity index (χ1v) is 22.0. The fourth-order valence-electron chi connectivity index (χ4n) is 14.2. The number of hydrogen-bond acceptors (Lipinski definition) is 6. The number of fused-ring (bicyclic) bond motifs is 7. The van der Waals surface area contributed by atoms with Gasteiger partial charge in [0.1, 0.15) is 5.78 Å². The first kappa shape index (κ1) is 37.6. The number of Topliss-reactive ketones (excluding diaryl/α,β-unsaturated/α-hetero) is 1. The molecule has 9 atom stereocenters. The lowest BCUT2D eigenvalue weighted by molar-refractivity contribution is -0.224. The molecule has 1 aromatic rings. The second-order valence-electron chi connectivity index (χ2n) is 19.4. The van der Waals surface area contributed by atoms with Crippen molar-refractivity contribution in [2.75, 3.05) is 31.1 Å². The molecule has 7 rings (SSSR count). The van der Waals surface area contributed by atoms with Crippen LogP contribution in [-0.4, -0.2) is 67.4 Å². The molecule has 5 fully saturated rings. The normalized spacial score (nSPS) is 41.3. The maximum atomic E-state index is 14.6. The SMILES string of the molecule is C=C(C)[C@@H]1CC[C@]2(C(=O)CCCN3CCS(=O)(=O)CC3)CC[C@]3(C)[C@H](CC[C@@H]4[C@@]5(C)CC=C(c6ccc(B(O)O)cc6)C(C)(C)[C@@H]5CC[C@]43C)[C@@H]12. The van der Waals surface area contributed by atoms with Gasteiger partial charge in [0.2, 0.25) is 0 Å². The number of carbonyl (C=O) groups excluding carboxylic acids is 1. The van der Waals surface area contributed by atoms with E-state index in [0.29, 0.717) is 60.3 Å². The molecule has 0 radical (unpaired) electrons. The van der Waals surface area contributed by atoms with E-state index in [1.54, 1.807) is 0 Å². The first-order chi connectivity index (χ1) is 23.9. The number of ketones is 1. The van der Waals surface area contributed by atoms with Crippen LogP contribution in [0.5, 0.6) is 0 Å². The summed E-state index contributed by atoms with van der Waals surface area (Å²) in [4.78, 5) is 16.8. The number of benzene rings is 1. The second-order valence-corrected chi connectivity index (χ2v) is 21.7. The monoisotopic (exact) mass is 717 g/mol. The summed E-state index contributed by atoms with van der Waals surface area (Å²) in [6, 6.07) is 7.84. The van der Waals surface area contributed by atoms with Gasteiger partial charge in [0, 0.05) is 24.9 Å². The van der Waals surface area contributed by atoms with Crippen LogP contribution in [0.3, 0.4) is 0 Å². The van der Waals surface area contributed by atoms with Crippen molar-refractivity contribution in [2.24, 2.45) is 56.7 Å². The van der Waals surface area contributed by atoms with Crippen molar-refractivity contribution in [3.8, 4) is 0 Å². The number of allylic oxidation sites excluding steroid dienone is 3. The highest BCUT2D eigenvalue weighted by Gasteiger charge is 2.71. The Bertz CT molecular complexity index is 1670. The van der Waals surface area contributed by atoms with Gasteiger partial charge < -0.3 is 14.9 Å². The summed E-state index contributed by atoms with van der Waals surface area (Å²) in [5, 5.41) is 19.4. The Labute approximate surface area is 309 Å². The van der Waals surface area contributed by atoms with Crippen molar-refractivity contribution >= 4 is 33.8 Å². The van der Waals surface area contributed by atoms with E-state index in [2.05, 4.69) is 71.2 Å². The quantitative estimate of drug-likeness (QED) is 0.220. The van der Waals surface area contributed by atoms with Crippen LogP contribution in [0.25, 0.3) is 5.57 Å². The molecule has 1 heterocycles. The van der Waals surface area contributed by atoms with Crippen molar-refractivity contribution in [3.05, 3.63) is 48.1 Å². The highest BCUT2D eigenvalue weighted by atomic mass is 32.2. The summed E-state index contributed by atoms with van der Waals surface area (Å²) in [6.45, 7) is 21.6. The minimum atomic E-state index is -2.90. The summed E-state index contributed by atoms with van der Waals surface area (Å²) < 4.78 is 23.9. The van der Waals surface area contributed by atoms with Gasteiger partial charge in [-0.2, -0.15) is 0 Å². The van der Waals surface area contributed by atoms with E-state index < -0.39 is 17.0 Å². The molecule has 1 aliphatic heterocycles. The fourth-order valence-corrected chi connectivity index (χ4v) is 15.5. The third kappa shape index (κ3) is 5.82. The van der Waals surface area contributed by atoms with Gasteiger partial charge in [-0.1, -0.05) is 77.1 Å². The van der Waals surface area contributed by atoms with E-state index in [-0.39, 0.29) is 38.6 Å². The van der Waals surface area contributed by atoms with Crippen LogP contribution in [0.15, 0.2) is 42.5 Å². The van der Waals surface area contributed by atoms with E-state index in [0.717, 1.165) is 45.1 Å². The molecule has 6 aliphatic rings. The maximum Gasteiger partial charge on any atom is 0.488 e. The summed E-state index contributed by atoms with van der Waals surface area (Å²) in [6.07, 6.45) is 14.1. The van der Waals surface area contributed by atoms with Crippen LogP contribution in [0.2, 0.25) is 0 Å². The highest BCUT2D eigenvalue weighted by Crippen LogP contribution is 2.78. The lowest BCUT2D eigenvalue weighted by atomic mass is 9.32. The maximum absolute atomic E-state index is 14.6. The van der Waals surface area contributed by atoms with E-state index in [1.807, 2.05) is 12.1 Å². The zero-order chi connectivity index (χ0) is 36.8. The van der Waals surface area contributed by atoms with Gasteiger partial charge in [-0.25, -0.2) is 8.42 Å². The Balaban J connectivity index is 1.14. The number of hydrogen-bond donors (Lipinski definition) is 2. The number of rotatable bonds is 8. The van der Waals surface area contributed by atoms with Crippen LogP contribution in [0, 0.1) is 56.7 Å². The van der Waals surface area contributed by atoms with Crippen LogP contribution in [0.4, 0.5) is 0 Å². The van der Waals surface area contributed by atoms with Gasteiger partial charge in [-0.3, -0.25) is 4.79 Å². The highest BCUT2D eigenvalue weighted by molar-refractivity contribution is 7.91. The molecule has 0 spiro atoms. The van der Waals surface area contributed by atoms with E-state index >= 15 is 0 Å². The predicted molar refractivity (Wildman–Crippen MR) is 208 cm³/mol. The summed E-state index contributed by atoms with van der Waals surface area (Å²) >= 11 is 0. The summed E-state index contributed by atoms with van der Waals surface area (Å²) in [7, 11) is -4.35. The van der Waals surface area contributed by atoms with Crippen molar-refractivity contribution in [2.45, 2.75) is 112 Å². The topological polar surface area (TPSA) is 94.9 Å². The van der Waals surface area contributed by atoms with Crippen molar-refractivity contribution < 1.29 is 23.3 Å². The molecule has 0 aromatic heterocycles. The Morgan fingerprint density at radius 3 is 2.24 bits per heavy atom. The minimum Gasteiger partial charge on any atom is -0.423 e. The molecule has 8 heteroatoms. The zero-order valence-corrected chi connectivity index (χ0v) is 33.2. The number of sulfone groups is 1. The van der Waals surface area contributed by atoms with Crippen molar-refractivity contribution in [1.82, 2.24) is 4.90 Å². The van der Waals surface area contributed by atoms with Crippen LogP contribution in [-0.2, 0) is 14.6 Å². The molecule has 5 aliphatic carbocycles. The van der Waals surface area contributed by atoms with Gasteiger partial charge in [-0.15, -0.1) is 0 Å². The van der Waals surface area contributed by atoms with Crippen molar-refractivity contribution in [1.29, 1.82) is 0 Å². The molecule has 51 heavy (non-hydrogen) atoms. The average molecular weight is 718 g/mol. The third-order valence-electron chi connectivity index (χ3n) is 17.0. The third-order valence-corrected chi connectivity index (χ3v) is 18.6. The van der Waals surface area contributed by atoms with Crippen LogP contribution >= 0.6 is 0 Å². The average Bonchev–Trinajstić information content (AvgIpc) is 3.47. The smallest absolute Gasteiger partial charge is 0.423 e. The summed E-state index contributed by atoms with van der Waals surface area (Å²) in [5.74, 6) is 3.46. The van der Waals surface area contributed by atoms with Gasteiger partial charge in [-0.05, 0) is 146 Å². The predicted octanol–water partition coefficient (Wildman–Crippen LogP) is 7.10. The van der Waals surface area contributed by atoms with E-state index in [1.165, 1.54) is 42.4 Å². The summed E-state index contributed by atoms with van der Waals surface area (Å²) in [5.41, 5.74) is 4.71. The number of carbonyl (C=O) groups is 1. The molecular formula is C43H64BNO5S. The Morgan fingerprint density at radius 2 is 1.59 bits per heavy atom. The van der Waals surface area contributed by atoms with Gasteiger partial charge in [0.05, 0.1) is 11.5 Å². The second kappa shape index (κ2) is 12.9. The van der Waals surface area contributed by atoms with Crippen LogP contribution < -0.4 is 5.46 Å². The lowest BCUT2D eigenvalue weighted by Gasteiger charge is -2.72. The molecule has 1 aromatic carbocycles. The molecule has 280 valence electrons. The Morgan fingerprint density at radius 1 is 0.902 bits per heavy atom. The van der Waals surface area contributed by atoms with Gasteiger partial charge in [0.25, 0.3) is 0 Å². The van der Waals surface area contributed by atoms with Gasteiger partial charge >= 0.3 is 7.12 Å². The van der Waals surface area contributed by atoms with Crippen LogP contribution in [0.1, 0.15) is 118 Å². The molecule has 1 saturated heterocycles. The molecular weight excluding hydrogens is 653 g/mol. The van der Waals surface area contributed by atoms with Crippen molar-refractivity contribution in [3.63, 3.8) is 0 Å². The Kier molecular flexibility index (Phi) is 9.54. The molecule has 0 unspecified atom stereocenters. The van der Waals surface area contributed by atoms with E-state index in [4.69, 9.17) is 0 Å². The largest absolute Gasteiger partial charge is 0.488 e. The molecule has 4 saturated carbocycles. The zero-order valence-electron chi connectivity index (χ0n) is 32.3. The number of nitrogens with zero attached hydrogens (tertiary/aromatic N) is 1. The lowest BCUT2D eigenvalue weighted by Crippen LogP contribution is -2.65. The molecule has 0 amide bonds. The van der Waals surface area contributed by atoms with Gasteiger partial charge in [0.15, 0.2) is 9.84 Å². The standard InChI is InChI=1S/C43H64BNO5S/c1-29(2)32-16-21-43(37(46)9-8-24-45-25-27-51(49,50)28-26-45)23-22-41(6)34(38(32)43)14-15-36-40(5)19-17-33(30-10-12-31(13-11-30)44(47)48)39(3,4)35(40)18-20-42(36,41)7/h10-13,17,32,34-36,38,47-48H,1,8-9,14-16,18-28H2,2-7H3/t32-,34+,35-,36+,38+,40-,41+,42+,43+/m0/s1. The first-order valence-electron chi connectivity index (χ1n) is 20.2. The Hall–Kier alpha value is -1.74. The molecule has 2 N–H and O–H groups in total. The fraction of sp³-hybridized carbons (Fsp3) is 0.744.